The molecule has 26 heavy (non-hydrogen) atoms. The summed E-state index contributed by atoms with van der Waals surface area (Å²) in [6.07, 6.45) is 1.15. The van der Waals surface area contributed by atoms with E-state index in [-0.39, 0.29) is 30.1 Å². The minimum Gasteiger partial charge on any atom is -0.491 e. The van der Waals surface area contributed by atoms with Gasteiger partial charge in [0.05, 0.1) is 19.3 Å². The fourth-order valence-electron chi connectivity index (χ4n) is 2.17. The van der Waals surface area contributed by atoms with Crippen LogP contribution in [0, 0.1) is 0 Å². The van der Waals surface area contributed by atoms with Gasteiger partial charge in [0.1, 0.15) is 5.75 Å². The number of hydrogen-bond acceptors (Lipinski definition) is 4. The Morgan fingerprint density at radius 1 is 1.19 bits per heavy atom. The Morgan fingerprint density at radius 3 is 2.58 bits per heavy atom. The summed E-state index contributed by atoms with van der Waals surface area (Å²) in [7, 11) is 1.68. The zero-order chi connectivity index (χ0) is 17.9. The van der Waals surface area contributed by atoms with Crippen LogP contribution >= 0.6 is 35.3 Å². The molecule has 0 amide bonds. The highest BCUT2D eigenvalue weighted by Crippen LogP contribution is 2.16. The molecule has 2 rings (SSSR count). The van der Waals surface area contributed by atoms with Gasteiger partial charge < -0.3 is 20.1 Å². The summed E-state index contributed by atoms with van der Waals surface area (Å²) < 4.78 is 10.8. The standard InChI is InChI=1S/C19H27N3O2S.HI/c1-15(2)24-17-8-6-16(7-9-17)22-19(21-12-13-23-3)20-11-10-18-5-4-14-25-18;/h4-9,14-15H,10-13H2,1-3H3,(H2,20,21,22);1H. The molecule has 7 heteroatoms. The van der Waals surface area contributed by atoms with E-state index in [0.717, 1.165) is 30.4 Å². The normalized spacial score (nSPS) is 11.2. The number of ether oxygens (including phenoxy) is 2. The molecule has 0 unspecified atom stereocenters. The highest BCUT2D eigenvalue weighted by atomic mass is 127. The third-order valence-corrected chi connectivity index (χ3v) is 4.23. The van der Waals surface area contributed by atoms with Crippen molar-refractivity contribution in [3.8, 4) is 5.75 Å². The first-order valence-corrected chi connectivity index (χ1v) is 9.38. The maximum absolute atomic E-state index is 5.67. The average molecular weight is 489 g/mol. The Labute approximate surface area is 177 Å². The van der Waals surface area contributed by atoms with Gasteiger partial charge in [-0.1, -0.05) is 6.07 Å². The second kappa shape index (κ2) is 12.9. The van der Waals surface area contributed by atoms with Gasteiger partial charge in [-0.2, -0.15) is 0 Å². The van der Waals surface area contributed by atoms with Crippen LogP contribution in [0.4, 0.5) is 5.69 Å². The highest BCUT2D eigenvalue weighted by Gasteiger charge is 2.03. The molecule has 1 aromatic carbocycles. The van der Waals surface area contributed by atoms with Crippen LogP contribution in [-0.2, 0) is 11.2 Å². The summed E-state index contributed by atoms with van der Waals surface area (Å²) in [6.45, 7) is 6.07. The third-order valence-electron chi connectivity index (χ3n) is 3.30. The number of guanidine groups is 1. The molecule has 0 saturated carbocycles. The number of nitrogens with one attached hydrogen (secondary N) is 2. The molecule has 0 aliphatic rings. The Hall–Kier alpha value is -1.32. The topological polar surface area (TPSA) is 54.9 Å². The van der Waals surface area contributed by atoms with Gasteiger partial charge in [0.15, 0.2) is 5.96 Å². The zero-order valence-electron chi connectivity index (χ0n) is 15.5. The number of nitrogens with zero attached hydrogens (tertiary/aromatic N) is 1. The van der Waals surface area contributed by atoms with Crippen LogP contribution in [0.2, 0.25) is 0 Å². The van der Waals surface area contributed by atoms with E-state index in [4.69, 9.17) is 9.47 Å². The highest BCUT2D eigenvalue weighted by molar-refractivity contribution is 14.0. The van der Waals surface area contributed by atoms with E-state index in [1.807, 2.05) is 38.1 Å². The van der Waals surface area contributed by atoms with Crippen LogP contribution in [0.3, 0.4) is 0 Å². The van der Waals surface area contributed by atoms with Crippen molar-refractivity contribution in [1.29, 1.82) is 0 Å². The van der Waals surface area contributed by atoms with Crippen molar-refractivity contribution in [2.75, 3.05) is 32.1 Å². The van der Waals surface area contributed by atoms with E-state index in [2.05, 4.69) is 33.1 Å². The van der Waals surface area contributed by atoms with Crippen LogP contribution in [0.15, 0.2) is 46.8 Å². The summed E-state index contributed by atoms with van der Waals surface area (Å²) in [5.41, 5.74) is 0.968. The molecule has 0 aliphatic carbocycles. The number of rotatable bonds is 9. The monoisotopic (exact) mass is 489 g/mol. The van der Waals surface area contributed by atoms with Gasteiger partial charge in [-0.05, 0) is 56.0 Å². The summed E-state index contributed by atoms with van der Waals surface area (Å²) in [6, 6.07) is 12.1. The average Bonchev–Trinajstić information content (AvgIpc) is 3.09. The summed E-state index contributed by atoms with van der Waals surface area (Å²) in [5.74, 6) is 1.62. The van der Waals surface area contributed by atoms with Crippen molar-refractivity contribution in [2.45, 2.75) is 26.4 Å². The number of hydrogen-bond donors (Lipinski definition) is 2. The van der Waals surface area contributed by atoms with Crippen molar-refractivity contribution >= 4 is 47.0 Å². The Balaban J connectivity index is 0.00000338. The van der Waals surface area contributed by atoms with E-state index in [1.54, 1.807) is 18.4 Å². The zero-order valence-corrected chi connectivity index (χ0v) is 18.7. The number of benzene rings is 1. The van der Waals surface area contributed by atoms with E-state index in [1.165, 1.54) is 4.88 Å². The van der Waals surface area contributed by atoms with Crippen LogP contribution < -0.4 is 15.4 Å². The van der Waals surface area contributed by atoms with Gasteiger partial charge in [-0.3, -0.25) is 4.99 Å². The third kappa shape index (κ3) is 8.86. The molecule has 0 aliphatic heterocycles. The van der Waals surface area contributed by atoms with Gasteiger partial charge in [-0.25, -0.2) is 0 Å². The second-order valence-corrected chi connectivity index (χ2v) is 6.83. The molecule has 1 aromatic heterocycles. The van der Waals surface area contributed by atoms with Crippen molar-refractivity contribution in [3.05, 3.63) is 46.7 Å². The van der Waals surface area contributed by atoms with Gasteiger partial charge >= 0.3 is 0 Å². The Bertz CT molecular complexity index is 631. The quantitative estimate of drug-likeness (QED) is 0.237. The number of anilines is 1. The number of halogens is 1. The van der Waals surface area contributed by atoms with Gasteiger partial charge in [0.2, 0.25) is 0 Å². The molecule has 1 heterocycles. The molecule has 0 atom stereocenters. The molecule has 2 N–H and O–H groups in total. The van der Waals surface area contributed by atoms with E-state index in [0.29, 0.717) is 13.2 Å². The lowest BCUT2D eigenvalue weighted by molar-refractivity contribution is 0.208. The molecule has 0 saturated heterocycles. The molecular weight excluding hydrogens is 461 g/mol. The second-order valence-electron chi connectivity index (χ2n) is 5.80. The number of methoxy groups -OCH3 is 1. The molecule has 144 valence electrons. The molecule has 0 radical (unpaired) electrons. The van der Waals surface area contributed by atoms with Crippen molar-refractivity contribution < 1.29 is 9.47 Å². The van der Waals surface area contributed by atoms with Gasteiger partial charge in [0, 0.05) is 24.2 Å². The fourth-order valence-corrected chi connectivity index (χ4v) is 2.88. The van der Waals surface area contributed by atoms with Crippen molar-refractivity contribution in [2.24, 2.45) is 4.99 Å². The summed E-state index contributed by atoms with van der Waals surface area (Å²) in [4.78, 5) is 5.90. The lowest BCUT2D eigenvalue weighted by atomic mass is 10.3. The first-order chi connectivity index (χ1) is 12.2. The molecule has 0 spiro atoms. The number of thiophene rings is 1. The molecular formula is C19H28IN3O2S. The summed E-state index contributed by atoms with van der Waals surface area (Å²) in [5, 5.41) is 8.80. The molecule has 2 aromatic rings. The largest absolute Gasteiger partial charge is 0.491 e. The molecule has 0 fully saturated rings. The lowest BCUT2D eigenvalue weighted by Gasteiger charge is -2.14. The maximum atomic E-state index is 5.67. The predicted octanol–water partition coefficient (Wildman–Crippen LogP) is 4.40. The predicted molar refractivity (Wildman–Crippen MR) is 121 cm³/mol. The number of aliphatic imine (C=N–C) groups is 1. The van der Waals surface area contributed by atoms with E-state index >= 15 is 0 Å². The van der Waals surface area contributed by atoms with Crippen molar-refractivity contribution in [3.63, 3.8) is 0 Å². The smallest absolute Gasteiger partial charge is 0.195 e. The Morgan fingerprint density at radius 2 is 1.96 bits per heavy atom. The van der Waals surface area contributed by atoms with Gasteiger partial charge in [-0.15, -0.1) is 35.3 Å². The van der Waals surface area contributed by atoms with Crippen LogP contribution in [0.5, 0.6) is 5.75 Å². The van der Waals surface area contributed by atoms with Crippen LogP contribution in [-0.4, -0.2) is 38.9 Å². The van der Waals surface area contributed by atoms with E-state index in [9.17, 15) is 0 Å². The van der Waals surface area contributed by atoms with Crippen LogP contribution in [0.1, 0.15) is 18.7 Å². The SMILES string of the molecule is COCCN=C(NCCc1cccs1)Nc1ccc(OC(C)C)cc1.I. The first kappa shape index (κ1) is 22.7. The van der Waals surface area contributed by atoms with Gasteiger partial charge in [0.25, 0.3) is 0 Å². The fraction of sp³-hybridized carbons (Fsp3) is 0.421. The van der Waals surface area contributed by atoms with E-state index < -0.39 is 0 Å². The molecule has 5 nitrogen and oxygen atoms in total. The maximum Gasteiger partial charge on any atom is 0.195 e. The Kier molecular flexibility index (Phi) is 11.3. The first-order valence-electron chi connectivity index (χ1n) is 8.50. The minimum atomic E-state index is 0. The van der Waals surface area contributed by atoms with Crippen molar-refractivity contribution in [1.82, 2.24) is 5.32 Å². The molecule has 0 bridgehead atoms. The minimum absolute atomic E-state index is 0. The lowest BCUT2D eigenvalue weighted by Crippen LogP contribution is -2.32. The summed E-state index contributed by atoms with van der Waals surface area (Å²) >= 11 is 1.77. The van der Waals surface area contributed by atoms with Crippen LogP contribution in [0.25, 0.3) is 0 Å².